The largest absolute Gasteiger partial charge is 0.339 e. The molecule has 0 aromatic carbocycles. The molecule has 0 saturated carbocycles. The molecule has 0 aromatic rings. The highest BCUT2D eigenvalue weighted by Gasteiger charge is 2.43. The Bertz CT molecular complexity index is 472. The van der Waals surface area contributed by atoms with Crippen molar-refractivity contribution in [2.75, 3.05) is 25.9 Å². The number of carbonyl (C=O) groups is 1. The highest BCUT2D eigenvalue weighted by atomic mass is 32.2. The van der Waals surface area contributed by atoms with Gasteiger partial charge < -0.3 is 10.2 Å². The normalized spacial score (nSPS) is 30.6. The third-order valence-electron chi connectivity index (χ3n) is 4.42. The van der Waals surface area contributed by atoms with Gasteiger partial charge in [0, 0.05) is 19.1 Å². The van der Waals surface area contributed by atoms with E-state index in [-0.39, 0.29) is 11.9 Å². The van der Waals surface area contributed by atoms with E-state index in [4.69, 9.17) is 0 Å². The topological polar surface area (TPSA) is 78.5 Å². The van der Waals surface area contributed by atoms with E-state index < -0.39 is 15.6 Å². The molecule has 2 fully saturated rings. The molecule has 122 valence electrons. The Balaban J connectivity index is 2.04. The molecule has 2 aliphatic heterocycles. The lowest BCUT2D eigenvalue weighted by atomic mass is 9.89. The molecule has 2 unspecified atom stereocenters. The zero-order valence-electron chi connectivity index (χ0n) is 13.0. The lowest BCUT2D eigenvalue weighted by molar-refractivity contribution is -0.139. The summed E-state index contributed by atoms with van der Waals surface area (Å²) in [5.74, 6) is 0.154. The Kier molecular flexibility index (Phi) is 5.27. The van der Waals surface area contributed by atoms with E-state index >= 15 is 0 Å². The molecular weight excluding hydrogens is 290 g/mol. The third-order valence-corrected chi connectivity index (χ3v) is 5.18. The number of nitrogens with zero attached hydrogens (tertiary/aromatic N) is 1. The molecule has 2 atom stereocenters. The molecule has 0 aromatic heterocycles. The van der Waals surface area contributed by atoms with Crippen molar-refractivity contribution in [2.24, 2.45) is 0 Å². The molecule has 2 N–H and O–H groups in total. The van der Waals surface area contributed by atoms with Gasteiger partial charge in [0.2, 0.25) is 15.9 Å². The summed E-state index contributed by atoms with van der Waals surface area (Å²) in [6, 6.07) is -0.155. The fourth-order valence-corrected chi connectivity index (χ4v) is 4.40. The van der Waals surface area contributed by atoms with Crippen molar-refractivity contribution in [3.05, 3.63) is 0 Å². The average Bonchev–Trinajstić information content (AvgIpc) is 2.86. The second kappa shape index (κ2) is 6.62. The molecule has 2 saturated heterocycles. The standard InChI is InChI=1S/C14H27N3O3S/c1-3-7-14(8-5-9-15-14)13(18)17-10-4-6-12(11-17)16-21(2,19)20/h12,15-16H,3-11H2,1-2H3. The fraction of sp³-hybridized carbons (Fsp3) is 0.929. The van der Waals surface area contributed by atoms with Crippen LogP contribution in [0.1, 0.15) is 45.4 Å². The van der Waals surface area contributed by atoms with Gasteiger partial charge in [-0.1, -0.05) is 13.3 Å². The van der Waals surface area contributed by atoms with Crippen LogP contribution in [0.3, 0.4) is 0 Å². The van der Waals surface area contributed by atoms with Crippen LogP contribution in [0.25, 0.3) is 0 Å². The summed E-state index contributed by atoms with van der Waals surface area (Å²) in [6.07, 6.45) is 6.56. The van der Waals surface area contributed by atoms with Gasteiger partial charge in [0.1, 0.15) is 0 Å². The fourth-order valence-electron chi connectivity index (χ4n) is 3.60. The lowest BCUT2D eigenvalue weighted by Gasteiger charge is -2.39. The number of hydrogen-bond donors (Lipinski definition) is 2. The van der Waals surface area contributed by atoms with Crippen molar-refractivity contribution >= 4 is 15.9 Å². The molecule has 21 heavy (non-hydrogen) atoms. The van der Waals surface area contributed by atoms with Crippen LogP contribution >= 0.6 is 0 Å². The SMILES string of the molecule is CCCC1(C(=O)N2CCCC(NS(C)(=O)=O)C2)CCCN1. The van der Waals surface area contributed by atoms with Crippen LogP contribution in [0.15, 0.2) is 0 Å². The van der Waals surface area contributed by atoms with E-state index in [1.165, 1.54) is 6.26 Å². The van der Waals surface area contributed by atoms with Crippen LogP contribution < -0.4 is 10.0 Å². The molecule has 2 rings (SSSR count). The van der Waals surface area contributed by atoms with Crippen LogP contribution in [0.5, 0.6) is 0 Å². The lowest BCUT2D eigenvalue weighted by Crippen LogP contribution is -2.59. The maximum atomic E-state index is 12.9. The Morgan fingerprint density at radius 3 is 2.76 bits per heavy atom. The molecule has 0 radical (unpaired) electrons. The van der Waals surface area contributed by atoms with E-state index in [1.54, 1.807) is 0 Å². The molecule has 2 aliphatic rings. The van der Waals surface area contributed by atoms with Crippen molar-refractivity contribution in [2.45, 2.75) is 57.0 Å². The van der Waals surface area contributed by atoms with Gasteiger partial charge in [0.15, 0.2) is 0 Å². The number of sulfonamides is 1. The summed E-state index contributed by atoms with van der Waals surface area (Å²) in [6.45, 7) is 4.21. The Morgan fingerprint density at radius 1 is 1.43 bits per heavy atom. The predicted molar refractivity (Wildman–Crippen MR) is 82.5 cm³/mol. The maximum Gasteiger partial charge on any atom is 0.242 e. The van der Waals surface area contributed by atoms with Gasteiger partial charge in [-0.15, -0.1) is 0 Å². The van der Waals surface area contributed by atoms with E-state index in [9.17, 15) is 13.2 Å². The van der Waals surface area contributed by atoms with Gasteiger partial charge in [0.05, 0.1) is 11.8 Å². The quantitative estimate of drug-likeness (QED) is 0.772. The van der Waals surface area contributed by atoms with Gasteiger partial charge in [-0.3, -0.25) is 4.79 Å². The Morgan fingerprint density at radius 2 is 2.19 bits per heavy atom. The average molecular weight is 317 g/mol. The molecule has 1 amide bonds. The number of hydrogen-bond acceptors (Lipinski definition) is 4. The number of piperidine rings is 1. The first-order valence-electron chi connectivity index (χ1n) is 7.88. The number of carbonyl (C=O) groups excluding carboxylic acids is 1. The van der Waals surface area contributed by atoms with Crippen LogP contribution in [-0.2, 0) is 14.8 Å². The minimum atomic E-state index is -3.22. The highest BCUT2D eigenvalue weighted by molar-refractivity contribution is 7.88. The van der Waals surface area contributed by atoms with Gasteiger partial charge in [-0.05, 0) is 38.6 Å². The summed E-state index contributed by atoms with van der Waals surface area (Å²) in [5, 5.41) is 3.40. The molecule has 0 spiro atoms. The van der Waals surface area contributed by atoms with Crippen LogP contribution in [0.2, 0.25) is 0 Å². The van der Waals surface area contributed by atoms with Gasteiger partial charge >= 0.3 is 0 Å². The first kappa shape index (κ1) is 16.7. The smallest absolute Gasteiger partial charge is 0.242 e. The zero-order valence-corrected chi connectivity index (χ0v) is 13.8. The summed E-state index contributed by atoms with van der Waals surface area (Å²) in [5.41, 5.74) is -0.415. The van der Waals surface area contributed by atoms with Gasteiger partial charge in [-0.25, -0.2) is 13.1 Å². The van der Waals surface area contributed by atoms with Crippen LogP contribution in [0.4, 0.5) is 0 Å². The molecule has 7 heteroatoms. The molecular formula is C14H27N3O3S. The molecule has 0 aliphatic carbocycles. The first-order valence-corrected chi connectivity index (χ1v) is 9.77. The van der Waals surface area contributed by atoms with Gasteiger partial charge in [-0.2, -0.15) is 0 Å². The maximum absolute atomic E-state index is 12.9. The van der Waals surface area contributed by atoms with Crippen LogP contribution in [0, 0.1) is 0 Å². The monoisotopic (exact) mass is 317 g/mol. The van der Waals surface area contributed by atoms with E-state index in [0.29, 0.717) is 6.54 Å². The van der Waals surface area contributed by atoms with Crippen LogP contribution in [-0.4, -0.2) is 56.7 Å². The Labute approximate surface area is 127 Å². The number of likely N-dealkylation sites (tertiary alicyclic amines) is 1. The van der Waals surface area contributed by atoms with E-state index in [1.807, 2.05) is 4.90 Å². The second-order valence-electron chi connectivity index (χ2n) is 6.34. The van der Waals surface area contributed by atoms with Crippen molar-refractivity contribution in [3.8, 4) is 0 Å². The van der Waals surface area contributed by atoms with Crippen molar-refractivity contribution < 1.29 is 13.2 Å². The minimum Gasteiger partial charge on any atom is -0.339 e. The van der Waals surface area contributed by atoms with E-state index in [0.717, 1.165) is 51.6 Å². The summed E-state index contributed by atoms with van der Waals surface area (Å²) in [4.78, 5) is 14.8. The summed E-state index contributed by atoms with van der Waals surface area (Å²) >= 11 is 0. The molecule has 2 heterocycles. The predicted octanol–water partition coefficient (Wildman–Crippen LogP) is 0.449. The highest BCUT2D eigenvalue weighted by Crippen LogP contribution is 2.28. The van der Waals surface area contributed by atoms with Crippen molar-refractivity contribution in [1.29, 1.82) is 0 Å². The van der Waals surface area contributed by atoms with Crippen molar-refractivity contribution in [3.63, 3.8) is 0 Å². The minimum absolute atomic E-state index is 0.154. The number of nitrogens with one attached hydrogen (secondary N) is 2. The van der Waals surface area contributed by atoms with Crippen molar-refractivity contribution in [1.82, 2.24) is 14.9 Å². The van der Waals surface area contributed by atoms with E-state index in [2.05, 4.69) is 17.0 Å². The summed E-state index contributed by atoms with van der Waals surface area (Å²) in [7, 11) is -3.22. The van der Waals surface area contributed by atoms with Gasteiger partial charge in [0.25, 0.3) is 0 Å². The first-order chi connectivity index (χ1) is 9.86. The number of rotatable bonds is 5. The zero-order chi connectivity index (χ0) is 15.5. The molecule has 6 nitrogen and oxygen atoms in total. The summed E-state index contributed by atoms with van der Waals surface area (Å²) < 4.78 is 25.4. The third kappa shape index (κ3) is 4.17. The molecule has 0 bridgehead atoms. The second-order valence-corrected chi connectivity index (χ2v) is 8.12. The Hall–Kier alpha value is -0.660. The number of amides is 1.